The van der Waals surface area contributed by atoms with Crippen molar-refractivity contribution < 1.29 is 4.79 Å². The number of hydrogen-bond acceptors (Lipinski definition) is 3. The van der Waals surface area contributed by atoms with Gasteiger partial charge in [-0.1, -0.05) is 12.8 Å². The number of amides is 1. The Labute approximate surface area is 117 Å². The SMILES string of the molecule is CN(CCNC(=O)C1(C)CCCNC1)C1CCCC1. The predicted molar refractivity (Wildman–Crippen MR) is 78.1 cm³/mol. The number of nitrogens with zero attached hydrogens (tertiary/aromatic N) is 1. The minimum absolute atomic E-state index is 0.204. The van der Waals surface area contributed by atoms with Crippen molar-refractivity contribution in [2.45, 2.75) is 51.5 Å². The van der Waals surface area contributed by atoms with Crippen molar-refractivity contribution in [2.24, 2.45) is 5.41 Å². The maximum absolute atomic E-state index is 12.3. The second-order valence-electron chi connectivity index (χ2n) is 6.52. The second kappa shape index (κ2) is 6.71. The topological polar surface area (TPSA) is 44.4 Å². The first-order valence-corrected chi connectivity index (χ1v) is 7.81. The molecule has 1 unspecified atom stereocenters. The molecular formula is C15H29N3O. The summed E-state index contributed by atoms with van der Waals surface area (Å²) in [6.07, 6.45) is 7.49. The largest absolute Gasteiger partial charge is 0.354 e. The Bertz CT molecular complexity index is 294. The van der Waals surface area contributed by atoms with Gasteiger partial charge in [0.1, 0.15) is 0 Å². The number of carbonyl (C=O) groups is 1. The molecule has 2 aliphatic rings. The van der Waals surface area contributed by atoms with E-state index in [1.54, 1.807) is 0 Å². The van der Waals surface area contributed by atoms with E-state index in [9.17, 15) is 4.79 Å². The molecule has 1 amide bonds. The highest BCUT2D eigenvalue weighted by Gasteiger charge is 2.34. The molecule has 1 aliphatic carbocycles. The summed E-state index contributed by atoms with van der Waals surface area (Å²) in [5.74, 6) is 0.222. The molecule has 4 heteroatoms. The van der Waals surface area contributed by atoms with Crippen LogP contribution in [0.1, 0.15) is 45.4 Å². The van der Waals surface area contributed by atoms with Crippen molar-refractivity contribution in [2.75, 3.05) is 33.2 Å². The van der Waals surface area contributed by atoms with Crippen LogP contribution >= 0.6 is 0 Å². The molecule has 0 radical (unpaired) electrons. The first-order chi connectivity index (χ1) is 9.12. The van der Waals surface area contributed by atoms with Crippen LogP contribution in [-0.4, -0.2) is 50.1 Å². The van der Waals surface area contributed by atoms with Crippen LogP contribution in [0, 0.1) is 5.41 Å². The van der Waals surface area contributed by atoms with Gasteiger partial charge in [-0.2, -0.15) is 0 Å². The van der Waals surface area contributed by atoms with Crippen LogP contribution in [0.25, 0.3) is 0 Å². The van der Waals surface area contributed by atoms with Gasteiger partial charge in [0.25, 0.3) is 0 Å². The summed E-state index contributed by atoms with van der Waals surface area (Å²) in [7, 11) is 2.19. The highest BCUT2D eigenvalue weighted by molar-refractivity contribution is 5.82. The molecule has 0 spiro atoms. The van der Waals surface area contributed by atoms with Gasteiger partial charge in [-0.25, -0.2) is 0 Å². The van der Waals surface area contributed by atoms with E-state index in [0.29, 0.717) is 0 Å². The zero-order valence-electron chi connectivity index (χ0n) is 12.5. The molecule has 2 fully saturated rings. The van der Waals surface area contributed by atoms with Crippen LogP contribution in [0.4, 0.5) is 0 Å². The fourth-order valence-electron chi connectivity index (χ4n) is 3.34. The van der Waals surface area contributed by atoms with Crippen LogP contribution < -0.4 is 10.6 Å². The van der Waals surface area contributed by atoms with Crippen LogP contribution in [0.5, 0.6) is 0 Å². The lowest BCUT2D eigenvalue weighted by Crippen LogP contribution is -2.50. The maximum Gasteiger partial charge on any atom is 0.227 e. The molecule has 0 aromatic heterocycles. The third-order valence-corrected chi connectivity index (χ3v) is 4.84. The van der Waals surface area contributed by atoms with Gasteiger partial charge in [-0.3, -0.25) is 4.79 Å². The molecule has 2 N–H and O–H groups in total. The van der Waals surface area contributed by atoms with Gasteiger partial charge in [0.05, 0.1) is 5.41 Å². The van der Waals surface area contributed by atoms with Crippen molar-refractivity contribution in [3.8, 4) is 0 Å². The summed E-state index contributed by atoms with van der Waals surface area (Å²) >= 11 is 0. The minimum Gasteiger partial charge on any atom is -0.354 e. The Morgan fingerprint density at radius 3 is 2.74 bits per heavy atom. The van der Waals surface area contributed by atoms with E-state index in [4.69, 9.17) is 0 Å². The van der Waals surface area contributed by atoms with Crippen LogP contribution in [-0.2, 0) is 4.79 Å². The lowest BCUT2D eigenvalue weighted by molar-refractivity contribution is -0.131. The van der Waals surface area contributed by atoms with Gasteiger partial charge in [-0.05, 0) is 46.2 Å². The molecule has 4 nitrogen and oxygen atoms in total. The van der Waals surface area contributed by atoms with Crippen LogP contribution in [0.2, 0.25) is 0 Å². The molecule has 1 aliphatic heterocycles. The Morgan fingerprint density at radius 1 is 1.37 bits per heavy atom. The Hall–Kier alpha value is -0.610. The van der Waals surface area contributed by atoms with Gasteiger partial charge in [-0.15, -0.1) is 0 Å². The number of carbonyl (C=O) groups excluding carboxylic acids is 1. The van der Waals surface area contributed by atoms with E-state index in [2.05, 4.69) is 29.5 Å². The molecule has 1 saturated carbocycles. The first kappa shape index (κ1) is 14.8. The molecule has 19 heavy (non-hydrogen) atoms. The number of nitrogens with one attached hydrogen (secondary N) is 2. The zero-order chi connectivity index (χ0) is 13.7. The fraction of sp³-hybridized carbons (Fsp3) is 0.933. The van der Waals surface area contributed by atoms with Gasteiger partial charge in [0, 0.05) is 25.7 Å². The number of likely N-dealkylation sites (N-methyl/N-ethyl adjacent to an activating group) is 1. The van der Waals surface area contributed by atoms with Gasteiger partial charge in [0.2, 0.25) is 5.91 Å². The lowest BCUT2D eigenvalue weighted by Gasteiger charge is -2.33. The second-order valence-corrected chi connectivity index (χ2v) is 6.52. The summed E-state index contributed by atoms with van der Waals surface area (Å²) in [4.78, 5) is 14.7. The molecule has 0 aromatic rings. The normalized spacial score (nSPS) is 28.8. The Kier molecular flexibility index (Phi) is 5.22. The van der Waals surface area contributed by atoms with Crippen molar-refractivity contribution in [3.05, 3.63) is 0 Å². The standard InChI is InChI=1S/C15H29N3O/c1-15(8-5-9-16-12-15)14(19)17-10-11-18(2)13-6-3-4-7-13/h13,16H,3-12H2,1-2H3,(H,17,19). The highest BCUT2D eigenvalue weighted by Crippen LogP contribution is 2.25. The summed E-state index contributed by atoms with van der Waals surface area (Å²) in [5.41, 5.74) is -0.204. The smallest absolute Gasteiger partial charge is 0.227 e. The van der Waals surface area contributed by atoms with E-state index in [0.717, 1.165) is 45.1 Å². The third kappa shape index (κ3) is 3.93. The van der Waals surface area contributed by atoms with Gasteiger partial charge < -0.3 is 15.5 Å². The number of hydrogen-bond donors (Lipinski definition) is 2. The molecule has 1 atom stereocenters. The lowest BCUT2D eigenvalue weighted by atomic mass is 9.82. The fourth-order valence-corrected chi connectivity index (χ4v) is 3.34. The highest BCUT2D eigenvalue weighted by atomic mass is 16.2. The summed E-state index contributed by atoms with van der Waals surface area (Å²) in [5, 5.41) is 6.46. The van der Waals surface area contributed by atoms with Crippen LogP contribution in [0.15, 0.2) is 0 Å². The Morgan fingerprint density at radius 2 is 2.11 bits per heavy atom. The summed E-state index contributed by atoms with van der Waals surface area (Å²) in [6.45, 7) is 5.70. The van der Waals surface area contributed by atoms with E-state index >= 15 is 0 Å². The predicted octanol–water partition coefficient (Wildman–Crippen LogP) is 1.37. The molecule has 110 valence electrons. The van der Waals surface area contributed by atoms with Crippen molar-refractivity contribution in [1.29, 1.82) is 0 Å². The molecule has 0 aromatic carbocycles. The molecule has 0 bridgehead atoms. The minimum atomic E-state index is -0.204. The van der Waals surface area contributed by atoms with E-state index < -0.39 is 0 Å². The number of piperidine rings is 1. The monoisotopic (exact) mass is 267 g/mol. The van der Waals surface area contributed by atoms with Crippen molar-refractivity contribution in [1.82, 2.24) is 15.5 Å². The van der Waals surface area contributed by atoms with Crippen molar-refractivity contribution in [3.63, 3.8) is 0 Å². The third-order valence-electron chi connectivity index (χ3n) is 4.84. The molecule has 2 rings (SSSR count). The molecule has 1 heterocycles. The van der Waals surface area contributed by atoms with Crippen LogP contribution in [0.3, 0.4) is 0 Å². The number of rotatable bonds is 5. The van der Waals surface area contributed by atoms with Gasteiger partial charge >= 0.3 is 0 Å². The van der Waals surface area contributed by atoms with E-state index in [-0.39, 0.29) is 11.3 Å². The van der Waals surface area contributed by atoms with E-state index in [1.807, 2.05) is 0 Å². The van der Waals surface area contributed by atoms with Crippen molar-refractivity contribution >= 4 is 5.91 Å². The quantitative estimate of drug-likeness (QED) is 0.791. The maximum atomic E-state index is 12.3. The first-order valence-electron chi connectivity index (χ1n) is 7.81. The molecule has 1 saturated heterocycles. The van der Waals surface area contributed by atoms with Gasteiger partial charge in [0.15, 0.2) is 0 Å². The zero-order valence-corrected chi connectivity index (χ0v) is 12.5. The average Bonchev–Trinajstić information content (AvgIpc) is 2.93. The Balaban J connectivity index is 1.68. The summed E-state index contributed by atoms with van der Waals surface area (Å²) < 4.78 is 0. The summed E-state index contributed by atoms with van der Waals surface area (Å²) in [6, 6.07) is 0.740. The molecular weight excluding hydrogens is 238 g/mol. The average molecular weight is 267 g/mol. The van der Waals surface area contributed by atoms with E-state index in [1.165, 1.54) is 25.7 Å².